The van der Waals surface area contributed by atoms with Crippen LogP contribution in [0.4, 0.5) is 0 Å². The van der Waals surface area contributed by atoms with E-state index in [1.54, 1.807) is 35.8 Å². The monoisotopic (exact) mass is 302 g/mol. The van der Waals surface area contributed by atoms with Gasteiger partial charge >= 0.3 is 0 Å². The average molecular weight is 302 g/mol. The Morgan fingerprint density at radius 2 is 1.86 bits per heavy atom. The zero-order valence-electron chi connectivity index (χ0n) is 11.1. The molecule has 0 saturated heterocycles. The number of hydroxylamine groups is 1. The van der Waals surface area contributed by atoms with E-state index in [4.69, 9.17) is 5.21 Å². The second-order valence-electron chi connectivity index (χ2n) is 4.18. The van der Waals surface area contributed by atoms with Crippen LogP contribution in [0, 0.1) is 0 Å². The smallest absolute Gasteiger partial charge is 0.284 e. The molecular formula is C15H14N2O3S. The van der Waals surface area contributed by atoms with Gasteiger partial charge < -0.3 is 5.32 Å². The molecule has 108 valence electrons. The van der Waals surface area contributed by atoms with Gasteiger partial charge in [-0.1, -0.05) is 18.2 Å². The van der Waals surface area contributed by atoms with Gasteiger partial charge in [-0.3, -0.25) is 14.8 Å². The van der Waals surface area contributed by atoms with Gasteiger partial charge in [0.25, 0.3) is 11.8 Å². The second-order valence-corrected chi connectivity index (χ2v) is 5.26. The highest BCUT2D eigenvalue weighted by Gasteiger charge is 2.10. The molecule has 3 N–H and O–H groups in total. The fraction of sp³-hybridized carbons (Fsp3) is 0.0667. The third kappa shape index (κ3) is 3.56. The number of nitrogens with one attached hydrogen (secondary N) is 2. The second kappa shape index (κ2) is 6.83. The van der Waals surface area contributed by atoms with Crippen molar-refractivity contribution in [2.45, 2.75) is 0 Å². The number of benzene rings is 1. The van der Waals surface area contributed by atoms with Crippen LogP contribution in [0.1, 0.15) is 20.0 Å². The van der Waals surface area contributed by atoms with Gasteiger partial charge in [0.1, 0.15) is 0 Å². The minimum Gasteiger partial charge on any atom is -0.349 e. The molecule has 1 aromatic carbocycles. The van der Waals surface area contributed by atoms with Crippen molar-refractivity contribution in [2.24, 2.45) is 0 Å². The van der Waals surface area contributed by atoms with Crippen LogP contribution in [0.15, 0.2) is 49.1 Å². The predicted octanol–water partition coefficient (Wildman–Crippen LogP) is 2.45. The first-order chi connectivity index (χ1) is 10.2. The Morgan fingerprint density at radius 3 is 2.48 bits per heavy atom. The highest BCUT2D eigenvalue weighted by atomic mass is 32.1. The summed E-state index contributed by atoms with van der Waals surface area (Å²) in [5, 5.41) is 11.3. The Hall–Kier alpha value is -2.44. The number of hydrogen-bond donors (Lipinski definition) is 3. The van der Waals surface area contributed by atoms with E-state index in [2.05, 4.69) is 11.9 Å². The molecule has 5 nitrogen and oxygen atoms in total. The van der Waals surface area contributed by atoms with E-state index in [0.717, 1.165) is 10.4 Å². The summed E-state index contributed by atoms with van der Waals surface area (Å²) in [4.78, 5) is 24.3. The maximum atomic E-state index is 11.7. The first-order valence-electron chi connectivity index (χ1n) is 6.19. The fourth-order valence-corrected chi connectivity index (χ4v) is 2.62. The number of rotatable bonds is 5. The Bertz CT molecular complexity index is 662. The third-order valence-electron chi connectivity index (χ3n) is 2.77. The van der Waals surface area contributed by atoms with Crippen LogP contribution in [0.25, 0.3) is 10.4 Å². The third-order valence-corrected chi connectivity index (χ3v) is 3.90. The van der Waals surface area contributed by atoms with Crippen LogP contribution >= 0.6 is 11.3 Å². The van der Waals surface area contributed by atoms with Crippen LogP contribution in [0.3, 0.4) is 0 Å². The Balaban J connectivity index is 2.15. The molecule has 1 heterocycles. The molecule has 0 unspecified atom stereocenters. The number of amides is 2. The lowest BCUT2D eigenvalue weighted by molar-refractivity contribution is 0.0711. The van der Waals surface area contributed by atoms with Gasteiger partial charge in [-0.15, -0.1) is 17.9 Å². The van der Waals surface area contributed by atoms with Crippen LogP contribution < -0.4 is 10.8 Å². The van der Waals surface area contributed by atoms with Gasteiger partial charge in [-0.2, -0.15) is 0 Å². The molecule has 2 amide bonds. The van der Waals surface area contributed by atoms with Crippen molar-refractivity contribution in [1.29, 1.82) is 0 Å². The molecule has 0 bridgehead atoms. The number of hydrogen-bond acceptors (Lipinski definition) is 4. The van der Waals surface area contributed by atoms with Crippen LogP contribution in [0.2, 0.25) is 0 Å². The summed E-state index contributed by atoms with van der Waals surface area (Å²) in [5.41, 5.74) is 3.06. The van der Waals surface area contributed by atoms with Gasteiger partial charge in [0.2, 0.25) is 0 Å². The van der Waals surface area contributed by atoms with Crippen molar-refractivity contribution >= 4 is 23.2 Å². The standard InChI is InChI=1S/C15H14N2O3S/c1-2-9-16-14(18)11-5-3-10(4-6-11)12-7-8-13(21-12)15(19)17-20/h2-8,20H,1,9H2,(H,16,18)(H,17,19). The highest BCUT2D eigenvalue weighted by molar-refractivity contribution is 7.17. The van der Waals surface area contributed by atoms with Crippen LogP contribution in [0.5, 0.6) is 0 Å². The molecular weight excluding hydrogens is 288 g/mol. The van der Waals surface area contributed by atoms with Crippen molar-refractivity contribution in [1.82, 2.24) is 10.8 Å². The lowest BCUT2D eigenvalue weighted by atomic mass is 10.1. The molecule has 0 atom stereocenters. The molecule has 2 rings (SSSR count). The minimum atomic E-state index is -0.535. The van der Waals surface area contributed by atoms with E-state index in [-0.39, 0.29) is 5.91 Å². The summed E-state index contributed by atoms with van der Waals surface area (Å²) in [7, 11) is 0. The lowest BCUT2D eigenvalue weighted by Crippen LogP contribution is -2.22. The normalized spacial score (nSPS) is 9.95. The number of carbonyl (C=O) groups is 2. The molecule has 0 radical (unpaired) electrons. The zero-order valence-corrected chi connectivity index (χ0v) is 11.9. The van der Waals surface area contributed by atoms with Crippen molar-refractivity contribution in [3.05, 3.63) is 59.5 Å². The topological polar surface area (TPSA) is 78.4 Å². The molecule has 0 fully saturated rings. The van der Waals surface area contributed by atoms with Crippen LogP contribution in [-0.4, -0.2) is 23.6 Å². The molecule has 21 heavy (non-hydrogen) atoms. The van der Waals surface area contributed by atoms with Crippen LogP contribution in [-0.2, 0) is 0 Å². The van der Waals surface area contributed by atoms with E-state index in [1.807, 2.05) is 12.1 Å². The van der Waals surface area contributed by atoms with E-state index in [1.165, 1.54) is 11.3 Å². The van der Waals surface area contributed by atoms with Crippen molar-refractivity contribution < 1.29 is 14.8 Å². The minimum absolute atomic E-state index is 0.159. The quantitative estimate of drug-likeness (QED) is 0.451. The number of carbonyl (C=O) groups excluding carboxylic acids is 2. The van der Waals surface area contributed by atoms with E-state index >= 15 is 0 Å². The lowest BCUT2D eigenvalue weighted by Gasteiger charge is -2.03. The zero-order chi connectivity index (χ0) is 15.2. The molecule has 0 aliphatic carbocycles. The van der Waals surface area contributed by atoms with Crippen molar-refractivity contribution in [3.63, 3.8) is 0 Å². The molecule has 0 saturated carbocycles. The summed E-state index contributed by atoms with van der Waals surface area (Å²) >= 11 is 1.26. The van der Waals surface area contributed by atoms with Gasteiger partial charge in [0, 0.05) is 17.0 Å². The van der Waals surface area contributed by atoms with Gasteiger partial charge in [-0.25, -0.2) is 5.48 Å². The molecule has 2 aromatic rings. The van der Waals surface area contributed by atoms with Gasteiger partial charge in [0.15, 0.2) is 0 Å². The largest absolute Gasteiger partial charge is 0.349 e. The number of thiophene rings is 1. The van der Waals surface area contributed by atoms with Crippen molar-refractivity contribution in [3.8, 4) is 10.4 Å². The van der Waals surface area contributed by atoms with E-state index < -0.39 is 5.91 Å². The first kappa shape index (κ1) is 15.0. The molecule has 0 aliphatic heterocycles. The fourth-order valence-electron chi connectivity index (χ4n) is 1.72. The Labute approximate surface area is 125 Å². The van der Waals surface area contributed by atoms with Gasteiger partial charge in [0.05, 0.1) is 4.88 Å². The summed E-state index contributed by atoms with van der Waals surface area (Å²) in [6, 6.07) is 10.5. The van der Waals surface area contributed by atoms with E-state index in [9.17, 15) is 9.59 Å². The predicted molar refractivity (Wildman–Crippen MR) is 81.5 cm³/mol. The molecule has 6 heteroatoms. The molecule has 0 spiro atoms. The Morgan fingerprint density at radius 1 is 1.14 bits per heavy atom. The maximum absolute atomic E-state index is 11.7. The SMILES string of the molecule is C=CCNC(=O)c1ccc(-c2ccc(C(=O)NO)s2)cc1. The molecule has 0 aliphatic rings. The summed E-state index contributed by atoms with van der Waals surface area (Å²) < 4.78 is 0. The average Bonchev–Trinajstić information content (AvgIpc) is 3.02. The first-order valence-corrected chi connectivity index (χ1v) is 7.01. The maximum Gasteiger partial charge on any atom is 0.284 e. The summed E-state index contributed by atoms with van der Waals surface area (Å²) in [6.07, 6.45) is 1.62. The van der Waals surface area contributed by atoms with Gasteiger partial charge in [-0.05, 0) is 29.8 Å². The summed E-state index contributed by atoms with van der Waals surface area (Å²) in [6.45, 7) is 3.96. The summed E-state index contributed by atoms with van der Waals surface area (Å²) in [5.74, 6) is -0.695. The molecule has 1 aromatic heterocycles. The van der Waals surface area contributed by atoms with E-state index in [0.29, 0.717) is 17.0 Å². The Kier molecular flexibility index (Phi) is 4.86. The highest BCUT2D eigenvalue weighted by Crippen LogP contribution is 2.28. The van der Waals surface area contributed by atoms with Crippen molar-refractivity contribution in [2.75, 3.05) is 6.54 Å².